The van der Waals surface area contributed by atoms with Gasteiger partial charge in [-0.05, 0) is 57.3 Å². The third kappa shape index (κ3) is 14.6. The molecule has 0 bridgehead atoms. The predicted octanol–water partition coefficient (Wildman–Crippen LogP) is 2.76. The minimum atomic E-state index is -0.570. The molecule has 0 aliphatic rings. The second kappa shape index (κ2) is 16.0. The highest BCUT2D eigenvalue weighted by atomic mass is 16.3. The Morgan fingerprint density at radius 2 is 1.04 bits per heavy atom. The van der Waals surface area contributed by atoms with Crippen molar-refractivity contribution < 1.29 is 25.5 Å². The largest absolute Gasteiger partial charge is 0.396 e. The first-order valence-electron chi connectivity index (χ1n) is 10.3. The van der Waals surface area contributed by atoms with Crippen molar-refractivity contribution in [3.8, 4) is 0 Å². The number of hydrogen-bond donors (Lipinski definition) is 5. The number of aliphatic hydroxyl groups excluding tert-OH is 5. The van der Waals surface area contributed by atoms with E-state index >= 15 is 0 Å². The smallest absolute Gasteiger partial charge is 0.0563 e. The van der Waals surface area contributed by atoms with Crippen molar-refractivity contribution in [2.75, 3.05) is 6.61 Å². The maximum absolute atomic E-state index is 10.2. The van der Waals surface area contributed by atoms with Crippen molar-refractivity contribution in [3.63, 3.8) is 0 Å². The van der Waals surface area contributed by atoms with Crippen molar-refractivity contribution in [1.82, 2.24) is 0 Å². The monoisotopic (exact) mass is 362 g/mol. The molecule has 5 atom stereocenters. The molecule has 0 spiro atoms. The fraction of sp³-hybridized carbons (Fsp3) is 1.00. The van der Waals surface area contributed by atoms with Gasteiger partial charge in [0.05, 0.1) is 24.4 Å². The molecular formula is C20H42O5. The van der Waals surface area contributed by atoms with E-state index in [1.165, 1.54) is 19.3 Å². The van der Waals surface area contributed by atoms with Gasteiger partial charge in [0.1, 0.15) is 0 Å². The van der Waals surface area contributed by atoms with E-state index in [0.717, 1.165) is 12.8 Å². The summed E-state index contributed by atoms with van der Waals surface area (Å²) in [5, 5.41) is 48.3. The van der Waals surface area contributed by atoms with Gasteiger partial charge in [-0.15, -0.1) is 0 Å². The number of aliphatic hydroxyl groups is 5. The fourth-order valence-electron chi connectivity index (χ4n) is 3.22. The molecule has 0 aromatic rings. The van der Waals surface area contributed by atoms with Gasteiger partial charge in [0.2, 0.25) is 0 Å². The molecule has 0 radical (unpaired) electrons. The van der Waals surface area contributed by atoms with Crippen LogP contribution >= 0.6 is 0 Å². The minimum Gasteiger partial charge on any atom is -0.396 e. The van der Waals surface area contributed by atoms with Gasteiger partial charge in [-0.3, -0.25) is 0 Å². The zero-order valence-corrected chi connectivity index (χ0v) is 16.3. The summed E-state index contributed by atoms with van der Waals surface area (Å²) in [6.07, 6.45) is 6.97. The van der Waals surface area contributed by atoms with Crippen molar-refractivity contribution in [2.45, 2.75) is 115 Å². The molecule has 25 heavy (non-hydrogen) atoms. The Bertz CT molecular complexity index is 287. The molecule has 0 aliphatic heterocycles. The number of hydrogen-bond acceptors (Lipinski definition) is 5. The van der Waals surface area contributed by atoms with E-state index in [2.05, 4.69) is 13.8 Å². The molecule has 152 valence electrons. The summed E-state index contributed by atoms with van der Waals surface area (Å²) in [6.45, 7) is 4.30. The second-order valence-corrected chi connectivity index (χ2v) is 7.51. The highest BCUT2D eigenvalue weighted by Gasteiger charge is 2.16. The van der Waals surface area contributed by atoms with Crippen LogP contribution in [0.4, 0.5) is 0 Å². The third-order valence-corrected chi connectivity index (χ3v) is 5.11. The van der Waals surface area contributed by atoms with Gasteiger partial charge >= 0.3 is 0 Å². The van der Waals surface area contributed by atoms with Crippen LogP contribution in [-0.4, -0.2) is 56.6 Å². The van der Waals surface area contributed by atoms with E-state index in [-0.39, 0.29) is 12.7 Å². The van der Waals surface area contributed by atoms with E-state index in [0.29, 0.717) is 50.9 Å². The van der Waals surface area contributed by atoms with Crippen LogP contribution in [0.1, 0.15) is 90.9 Å². The Morgan fingerprint density at radius 3 is 1.44 bits per heavy atom. The van der Waals surface area contributed by atoms with E-state index in [1.54, 1.807) is 0 Å². The van der Waals surface area contributed by atoms with Crippen molar-refractivity contribution >= 4 is 0 Å². The van der Waals surface area contributed by atoms with Crippen LogP contribution in [0.5, 0.6) is 0 Å². The van der Waals surface area contributed by atoms with Crippen molar-refractivity contribution in [2.24, 2.45) is 5.92 Å². The van der Waals surface area contributed by atoms with E-state index in [9.17, 15) is 20.4 Å². The lowest BCUT2D eigenvalue weighted by Crippen LogP contribution is -2.19. The lowest BCUT2D eigenvalue weighted by molar-refractivity contribution is 0.0669. The molecule has 0 aromatic carbocycles. The number of unbranched alkanes of at least 4 members (excludes halogenated alkanes) is 1. The Balaban J connectivity index is 3.81. The first-order chi connectivity index (χ1) is 11.9. The van der Waals surface area contributed by atoms with Gasteiger partial charge in [0.15, 0.2) is 0 Å². The maximum atomic E-state index is 10.2. The van der Waals surface area contributed by atoms with Crippen LogP contribution in [0.3, 0.4) is 0 Å². The summed E-state index contributed by atoms with van der Waals surface area (Å²) in [5.41, 5.74) is 0. The first kappa shape index (κ1) is 24.8. The lowest BCUT2D eigenvalue weighted by atomic mass is 9.91. The van der Waals surface area contributed by atoms with Crippen LogP contribution in [-0.2, 0) is 0 Å². The van der Waals surface area contributed by atoms with Crippen molar-refractivity contribution in [3.05, 3.63) is 0 Å². The maximum Gasteiger partial charge on any atom is 0.0563 e. The minimum absolute atomic E-state index is 0.0460. The molecule has 5 N–H and O–H groups in total. The summed E-state index contributed by atoms with van der Waals surface area (Å²) >= 11 is 0. The zero-order chi connectivity index (χ0) is 19.1. The molecule has 0 heterocycles. The van der Waals surface area contributed by atoms with Crippen LogP contribution in [0.2, 0.25) is 0 Å². The third-order valence-electron chi connectivity index (χ3n) is 5.11. The van der Waals surface area contributed by atoms with E-state index in [4.69, 9.17) is 5.11 Å². The Kier molecular flexibility index (Phi) is 15.9. The van der Waals surface area contributed by atoms with Crippen LogP contribution in [0.15, 0.2) is 0 Å². The molecular weight excluding hydrogens is 320 g/mol. The standard InChI is InChI=1S/C20H42O5/c1-3-5-6-16(4-2)15-20(25)12-11-18(23)8-7-17(22)9-10-19(24)13-14-21/h16-25H,3-15H2,1-2H3. The molecule has 5 nitrogen and oxygen atoms in total. The SMILES string of the molecule is CCCCC(CC)CC(O)CCC(O)CCC(O)CCC(O)CCO. The van der Waals surface area contributed by atoms with Gasteiger partial charge in [-0.2, -0.15) is 0 Å². The summed E-state index contributed by atoms with van der Waals surface area (Å²) in [7, 11) is 0. The van der Waals surface area contributed by atoms with Crippen molar-refractivity contribution in [1.29, 1.82) is 0 Å². The van der Waals surface area contributed by atoms with Gasteiger partial charge in [-0.1, -0.05) is 39.5 Å². The summed E-state index contributed by atoms with van der Waals surface area (Å²) < 4.78 is 0. The van der Waals surface area contributed by atoms with Gasteiger partial charge in [-0.25, -0.2) is 0 Å². The summed E-state index contributed by atoms with van der Waals surface area (Å²) in [5.74, 6) is 0.569. The number of rotatable bonds is 17. The fourth-order valence-corrected chi connectivity index (χ4v) is 3.22. The van der Waals surface area contributed by atoms with E-state index in [1.807, 2.05) is 0 Å². The van der Waals surface area contributed by atoms with Crippen LogP contribution in [0.25, 0.3) is 0 Å². The average molecular weight is 363 g/mol. The molecule has 0 fully saturated rings. The van der Waals surface area contributed by atoms with Crippen LogP contribution < -0.4 is 0 Å². The first-order valence-corrected chi connectivity index (χ1v) is 10.3. The Labute approximate surface area is 154 Å². The summed E-state index contributed by atoms with van der Waals surface area (Å²) in [4.78, 5) is 0. The quantitative estimate of drug-likeness (QED) is 0.274. The molecule has 0 amide bonds. The van der Waals surface area contributed by atoms with Crippen LogP contribution in [0, 0.1) is 5.92 Å². The highest BCUT2D eigenvalue weighted by Crippen LogP contribution is 2.21. The molecule has 0 aliphatic carbocycles. The normalized spacial score (nSPS) is 17.9. The Hall–Kier alpha value is -0.200. The van der Waals surface area contributed by atoms with Gasteiger partial charge in [0.25, 0.3) is 0 Å². The predicted molar refractivity (Wildman–Crippen MR) is 101 cm³/mol. The molecule has 0 saturated heterocycles. The topological polar surface area (TPSA) is 101 Å². The molecule has 5 heteroatoms. The van der Waals surface area contributed by atoms with Gasteiger partial charge in [0, 0.05) is 6.61 Å². The molecule has 0 rings (SSSR count). The average Bonchev–Trinajstić information content (AvgIpc) is 2.60. The van der Waals surface area contributed by atoms with Gasteiger partial charge < -0.3 is 25.5 Å². The summed E-state index contributed by atoms with van der Waals surface area (Å²) in [6, 6.07) is 0. The molecule has 0 aromatic heterocycles. The molecule has 5 unspecified atom stereocenters. The highest BCUT2D eigenvalue weighted by molar-refractivity contribution is 4.69. The molecule has 0 saturated carbocycles. The zero-order valence-electron chi connectivity index (χ0n) is 16.3. The Morgan fingerprint density at radius 1 is 0.600 bits per heavy atom. The lowest BCUT2D eigenvalue weighted by Gasteiger charge is -2.20. The van der Waals surface area contributed by atoms with E-state index < -0.39 is 18.3 Å². The second-order valence-electron chi connectivity index (χ2n) is 7.51.